The minimum Gasteiger partial charge on any atom is -0.456 e. The molecule has 0 aliphatic carbocycles. The van der Waals surface area contributed by atoms with E-state index in [-0.39, 0.29) is 11.7 Å². The van der Waals surface area contributed by atoms with Crippen molar-refractivity contribution in [3.05, 3.63) is 58.7 Å². The Kier molecular flexibility index (Phi) is 2.95. The normalized spacial score (nSPS) is 11.8. The van der Waals surface area contributed by atoms with Gasteiger partial charge in [-0.1, -0.05) is 12.2 Å². The maximum atomic E-state index is 7.49. The Labute approximate surface area is 121 Å². The first kappa shape index (κ1) is 12.9. The van der Waals surface area contributed by atoms with Crippen LogP contribution < -0.4 is 16.2 Å². The van der Waals surface area contributed by atoms with Gasteiger partial charge in [-0.25, -0.2) is 0 Å². The quantitative estimate of drug-likeness (QED) is 0.427. The minimum absolute atomic E-state index is 0.0202. The Morgan fingerprint density at radius 3 is 1.57 bits per heavy atom. The molecule has 0 bridgehead atoms. The van der Waals surface area contributed by atoms with Gasteiger partial charge in [0.25, 0.3) is 0 Å². The first-order valence-electron chi connectivity index (χ1n) is 6.37. The lowest BCUT2D eigenvalue weighted by Crippen LogP contribution is -2.11. The lowest BCUT2D eigenvalue weighted by molar-refractivity contribution is 0.481. The minimum atomic E-state index is 0.0202. The van der Waals surface area contributed by atoms with Gasteiger partial charge < -0.3 is 16.2 Å². The summed E-state index contributed by atoms with van der Waals surface area (Å²) in [5, 5.41) is 15.0. The van der Waals surface area contributed by atoms with E-state index in [1.54, 1.807) is 24.3 Å². The third-order valence-corrected chi connectivity index (χ3v) is 3.30. The second kappa shape index (κ2) is 4.79. The third kappa shape index (κ3) is 2.36. The monoisotopic (exact) mass is 278 g/mol. The zero-order valence-corrected chi connectivity index (χ0v) is 11.2. The fourth-order valence-corrected chi connectivity index (χ4v) is 2.18. The molecule has 3 rings (SSSR count). The fraction of sp³-hybridized carbons (Fsp3) is 0. The molecule has 0 atom stereocenters. The van der Waals surface area contributed by atoms with Crippen molar-refractivity contribution in [3.8, 4) is 11.5 Å². The summed E-state index contributed by atoms with van der Waals surface area (Å²) in [6.07, 6.45) is 3.80. The molecule has 0 saturated carbocycles. The molecule has 0 spiro atoms. The summed E-state index contributed by atoms with van der Waals surface area (Å²) in [6.45, 7) is 0. The van der Waals surface area contributed by atoms with Crippen molar-refractivity contribution >= 4 is 23.8 Å². The molecule has 1 heterocycles. The number of hydrogen-bond donors (Lipinski definition) is 4. The van der Waals surface area contributed by atoms with Gasteiger partial charge in [-0.05, 0) is 36.4 Å². The van der Waals surface area contributed by atoms with Crippen LogP contribution in [0.3, 0.4) is 0 Å². The van der Waals surface area contributed by atoms with E-state index in [1.807, 2.05) is 24.3 Å². The molecule has 6 N–H and O–H groups in total. The highest BCUT2D eigenvalue weighted by molar-refractivity contribution is 5.97. The van der Waals surface area contributed by atoms with E-state index in [2.05, 4.69) is 0 Å². The maximum Gasteiger partial charge on any atom is 0.134 e. The topological polar surface area (TPSA) is 109 Å². The summed E-state index contributed by atoms with van der Waals surface area (Å²) in [5.41, 5.74) is 14.0. The number of amidine groups is 2. The van der Waals surface area contributed by atoms with E-state index in [0.29, 0.717) is 22.6 Å². The van der Waals surface area contributed by atoms with Crippen LogP contribution in [0.15, 0.2) is 36.4 Å². The Morgan fingerprint density at radius 1 is 0.762 bits per heavy atom. The van der Waals surface area contributed by atoms with E-state index < -0.39 is 0 Å². The average Bonchev–Trinajstić information content (AvgIpc) is 2.64. The molecule has 2 aromatic rings. The van der Waals surface area contributed by atoms with Crippen molar-refractivity contribution in [2.75, 3.05) is 0 Å². The molecule has 21 heavy (non-hydrogen) atoms. The van der Waals surface area contributed by atoms with Crippen LogP contribution in [0.25, 0.3) is 12.2 Å². The number of ether oxygens (including phenoxy) is 1. The van der Waals surface area contributed by atoms with Gasteiger partial charge in [0.2, 0.25) is 0 Å². The molecule has 5 heteroatoms. The Hall–Kier alpha value is -3.08. The van der Waals surface area contributed by atoms with E-state index >= 15 is 0 Å². The predicted octanol–water partition coefficient (Wildman–Crippen LogP) is 2.53. The van der Waals surface area contributed by atoms with E-state index in [4.69, 9.17) is 27.0 Å². The molecule has 2 aromatic carbocycles. The number of nitrogen functional groups attached to an aromatic ring is 2. The van der Waals surface area contributed by atoms with Crippen molar-refractivity contribution in [1.82, 2.24) is 0 Å². The Balaban J connectivity index is 2.08. The van der Waals surface area contributed by atoms with Gasteiger partial charge in [-0.15, -0.1) is 0 Å². The number of hydrogen-bond acceptors (Lipinski definition) is 3. The number of fused-ring (bicyclic) bond motifs is 2. The molecule has 1 aliphatic rings. The van der Waals surface area contributed by atoms with E-state index in [9.17, 15) is 0 Å². The summed E-state index contributed by atoms with van der Waals surface area (Å²) in [5.74, 6) is 1.44. The van der Waals surface area contributed by atoms with E-state index in [0.717, 1.165) is 11.1 Å². The van der Waals surface area contributed by atoms with Gasteiger partial charge in [-0.3, -0.25) is 10.8 Å². The van der Waals surface area contributed by atoms with Crippen molar-refractivity contribution in [2.45, 2.75) is 0 Å². The van der Waals surface area contributed by atoms with Crippen LogP contribution in [0.2, 0.25) is 0 Å². The smallest absolute Gasteiger partial charge is 0.134 e. The summed E-state index contributed by atoms with van der Waals surface area (Å²) in [4.78, 5) is 0. The Morgan fingerprint density at radius 2 is 1.19 bits per heavy atom. The first-order valence-corrected chi connectivity index (χ1v) is 6.37. The molecule has 0 saturated heterocycles. The van der Waals surface area contributed by atoms with Gasteiger partial charge in [0.05, 0.1) is 0 Å². The van der Waals surface area contributed by atoms with Gasteiger partial charge >= 0.3 is 0 Å². The summed E-state index contributed by atoms with van der Waals surface area (Å²) < 4.78 is 5.89. The predicted molar refractivity (Wildman–Crippen MR) is 83.9 cm³/mol. The largest absolute Gasteiger partial charge is 0.456 e. The summed E-state index contributed by atoms with van der Waals surface area (Å²) in [6, 6.07) is 10.7. The molecule has 0 aromatic heterocycles. The SMILES string of the molecule is N=C(N)c1ccc2c(c1)C=Cc1cc(C(=N)N)ccc1O2. The van der Waals surface area contributed by atoms with Crippen LogP contribution >= 0.6 is 0 Å². The van der Waals surface area contributed by atoms with Crippen molar-refractivity contribution in [2.24, 2.45) is 11.5 Å². The molecule has 0 amide bonds. The molecular weight excluding hydrogens is 264 g/mol. The zero-order valence-electron chi connectivity index (χ0n) is 11.2. The summed E-state index contributed by atoms with van der Waals surface area (Å²) in [7, 11) is 0. The standard InChI is InChI=1S/C16H14N4O/c17-15(18)11-3-5-13-9(7-11)1-2-10-8-12(16(19)20)4-6-14(10)21-13/h1-8H,(H3,17,18)(H3,19,20). The third-order valence-electron chi connectivity index (χ3n) is 3.30. The maximum absolute atomic E-state index is 7.49. The van der Waals surface area contributed by atoms with Crippen LogP contribution in [-0.2, 0) is 0 Å². The second-order valence-corrected chi connectivity index (χ2v) is 4.77. The molecule has 5 nitrogen and oxygen atoms in total. The number of benzene rings is 2. The van der Waals surface area contributed by atoms with Gasteiger partial charge in [0.1, 0.15) is 23.2 Å². The van der Waals surface area contributed by atoms with Crippen LogP contribution in [0.5, 0.6) is 11.5 Å². The van der Waals surface area contributed by atoms with Crippen LogP contribution in [-0.4, -0.2) is 11.7 Å². The van der Waals surface area contributed by atoms with Crippen molar-refractivity contribution < 1.29 is 4.74 Å². The number of rotatable bonds is 2. The van der Waals surface area contributed by atoms with E-state index in [1.165, 1.54) is 0 Å². The highest BCUT2D eigenvalue weighted by Gasteiger charge is 2.13. The zero-order chi connectivity index (χ0) is 15.0. The molecule has 104 valence electrons. The molecule has 0 fully saturated rings. The molecule has 0 unspecified atom stereocenters. The van der Waals surface area contributed by atoms with Crippen LogP contribution in [0, 0.1) is 10.8 Å². The number of nitrogens with one attached hydrogen (secondary N) is 2. The number of nitrogens with two attached hydrogens (primary N) is 2. The summed E-state index contributed by atoms with van der Waals surface area (Å²) >= 11 is 0. The van der Waals surface area contributed by atoms with Crippen LogP contribution in [0.4, 0.5) is 0 Å². The lowest BCUT2D eigenvalue weighted by atomic mass is 10.1. The van der Waals surface area contributed by atoms with Gasteiger partial charge in [-0.2, -0.15) is 0 Å². The molecule has 0 radical (unpaired) electrons. The van der Waals surface area contributed by atoms with Gasteiger partial charge in [0, 0.05) is 22.3 Å². The van der Waals surface area contributed by atoms with Gasteiger partial charge in [0.15, 0.2) is 0 Å². The second-order valence-electron chi connectivity index (χ2n) is 4.77. The highest BCUT2D eigenvalue weighted by atomic mass is 16.5. The fourth-order valence-electron chi connectivity index (χ4n) is 2.18. The molecule has 1 aliphatic heterocycles. The van der Waals surface area contributed by atoms with Crippen molar-refractivity contribution in [1.29, 1.82) is 10.8 Å². The van der Waals surface area contributed by atoms with Crippen molar-refractivity contribution in [3.63, 3.8) is 0 Å². The Bertz CT molecular complexity index is 727. The highest BCUT2D eigenvalue weighted by Crippen LogP contribution is 2.34. The average molecular weight is 278 g/mol. The van der Waals surface area contributed by atoms with Crippen LogP contribution in [0.1, 0.15) is 22.3 Å². The molecular formula is C16H14N4O. The lowest BCUT2D eigenvalue weighted by Gasteiger charge is -2.10. The first-order chi connectivity index (χ1) is 10.0.